The molecule has 90 valence electrons. The molecule has 0 aliphatic rings. The van der Waals surface area contributed by atoms with Gasteiger partial charge in [-0.1, -0.05) is 0 Å². The highest BCUT2D eigenvalue weighted by atomic mass is 16.2. The number of carbonyl (C=O) groups excluding carboxylic acids is 1. The van der Waals surface area contributed by atoms with Gasteiger partial charge in [0.05, 0.1) is 12.9 Å². The van der Waals surface area contributed by atoms with Gasteiger partial charge in [-0.05, 0) is 6.92 Å². The van der Waals surface area contributed by atoms with Crippen molar-refractivity contribution in [3.05, 3.63) is 27.2 Å². The normalized spacial score (nSPS) is 11.0. The van der Waals surface area contributed by atoms with Crippen LogP contribution in [0.15, 0.2) is 15.9 Å². The van der Waals surface area contributed by atoms with Gasteiger partial charge in [0.1, 0.15) is 5.78 Å². The molecule has 0 atom stereocenters. The second-order valence-electron chi connectivity index (χ2n) is 3.96. The fourth-order valence-corrected chi connectivity index (χ4v) is 1.76. The standard InChI is InChI=1S/C10H12N4O3/c1-6(15)4-14-9(16)7-8(11-5-12(7)2)13(3)10(14)17/h5H,4H2,1-3H3. The van der Waals surface area contributed by atoms with E-state index in [1.54, 1.807) is 7.05 Å². The van der Waals surface area contributed by atoms with Crippen LogP contribution in [0.4, 0.5) is 0 Å². The van der Waals surface area contributed by atoms with Gasteiger partial charge in [0.2, 0.25) is 0 Å². The maximum absolute atomic E-state index is 12.1. The van der Waals surface area contributed by atoms with Crippen LogP contribution in [0.25, 0.3) is 11.2 Å². The van der Waals surface area contributed by atoms with Gasteiger partial charge in [-0.25, -0.2) is 9.78 Å². The minimum absolute atomic E-state index is 0.216. The van der Waals surface area contributed by atoms with E-state index in [2.05, 4.69) is 4.98 Å². The topological polar surface area (TPSA) is 78.9 Å². The van der Waals surface area contributed by atoms with E-state index in [1.807, 2.05) is 0 Å². The zero-order valence-corrected chi connectivity index (χ0v) is 9.80. The molecule has 0 radical (unpaired) electrons. The molecule has 7 nitrogen and oxygen atoms in total. The molecule has 0 N–H and O–H groups in total. The highest BCUT2D eigenvalue weighted by molar-refractivity contribution is 5.76. The minimum Gasteiger partial charge on any atom is -0.328 e. The summed E-state index contributed by atoms with van der Waals surface area (Å²) in [6.45, 7) is 1.12. The summed E-state index contributed by atoms with van der Waals surface area (Å²) in [5.41, 5.74) is -0.384. The highest BCUT2D eigenvalue weighted by Crippen LogP contribution is 2.02. The molecule has 0 saturated carbocycles. The summed E-state index contributed by atoms with van der Waals surface area (Å²) in [4.78, 5) is 39.0. The maximum atomic E-state index is 12.1. The lowest BCUT2D eigenvalue weighted by molar-refractivity contribution is -0.117. The first-order chi connectivity index (χ1) is 7.93. The van der Waals surface area contributed by atoms with Crippen LogP contribution in [-0.4, -0.2) is 24.5 Å². The van der Waals surface area contributed by atoms with E-state index < -0.39 is 11.2 Å². The molecule has 17 heavy (non-hydrogen) atoms. The molecular formula is C10H12N4O3. The van der Waals surface area contributed by atoms with Crippen LogP contribution < -0.4 is 11.2 Å². The quantitative estimate of drug-likeness (QED) is 0.671. The summed E-state index contributed by atoms with van der Waals surface area (Å²) >= 11 is 0. The first kappa shape index (κ1) is 11.3. The molecule has 0 amide bonds. The number of carbonyl (C=O) groups is 1. The van der Waals surface area contributed by atoms with Crippen LogP contribution in [0.2, 0.25) is 0 Å². The lowest BCUT2D eigenvalue weighted by atomic mass is 10.4. The Morgan fingerprint density at radius 2 is 2.00 bits per heavy atom. The molecule has 2 aromatic heterocycles. The molecule has 0 aromatic carbocycles. The maximum Gasteiger partial charge on any atom is 0.332 e. The fraction of sp³-hybridized carbons (Fsp3) is 0.400. The number of aryl methyl sites for hydroxylation is 2. The Morgan fingerprint density at radius 3 is 2.59 bits per heavy atom. The molecule has 0 aliphatic heterocycles. The second-order valence-corrected chi connectivity index (χ2v) is 3.96. The van der Waals surface area contributed by atoms with Crippen molar-refractivity contribution in [1.82, 2.24) is 18.7 Å². The Bertz CT molecular complexity index is 719. The first-order valence-electron chi connectivity index (χ1n) is 5.03. The van der Waals surface area contributed by atoms with E-state index in [4.69, 9.17) is 0 Å². The minimum atomic E-state index is -0.531. The van der Waals surface area contributed by atoms with E-state index in [9.17, 15) is 14.4 Å². The summed E-state index contributed by atoms with van der Waals surface area (Å²) in [7, 11) is 3.19. The summed E-state index contributed by atoms with van der Waals surface area (Å²) in [5.74, 6) is -0.245. The number of rotatable bonds is 2. The number of imidazole rings is 1. The Morgan fingerprint density at radius 1 is 1.35 bits per heavy atom. The number of fused-ring (bicyclic) bond motifs is 1. The summed E-state index contributed by atoms with van der Waals surface area (Å²) in [5, 5.41) is 0. The average molecular weight is 236 g/mol. The SMILES string of the molecule is CC(=O)Cn1c(=O)c2c(ncn2C)n(C)c1=O. The predicted molar refractivity (Wildman–Crippen MR) is 60.9 cm³/mol. The molecule has 0 fully saturated rings. The molecule has 0 bridgehead atoms. The van der Waals surface area contributed by atoms with Crippen molar-refractivity contribution >= 4 is 16.9 Å². The summed E-state index contributed by atoms with van der Waals surface area (Å²) < 4.78 is 3.72. The zero-order valence-electron chi connectivity index (χ0n) is 9.80. The molecule has 0 spiro atoms. The van der Waals surface area contributed by atoms with Crippen LogP contribution in [0.5, 0.6) is 0 Å². The van der Waals surface area contributed by atoms with Crippen LogP contribution in [0.1, 0.15) is 6.92 Å². The van der Waals surface area contributed by atoms with E-state index in [0.29, 0.717) is 11.2 Å². The number of ketones is 1. The van der Waals surface area contributed by atoms with E-state index in [-0.39, 0.29) is 12.3 Å². The number of hydrogen-bond acceptors (Lipinski definition) is 4. The smallest absolute Gasteiger partial charge is 0.328 e. The molecule has 2 aromatic rings. The van der Waals surface area contributed by atoms with Crippen LogP contribution in [-0.2, 0) is 25.4 Å². The van der Waals surface area contributed by atoms with Gasteiger partial charge in [0.15, 0.2) is 11.2 Å². The van der Waals surface area contributed by atoms with Crippen molar-refractivity contribution < 1.29 is 4.79 Å². The molecule has 2 rings (SSSR count). The van der Waals surface area contributed by atoms with Crippen molar-refractivity contribution in [3.63, 3.8) is 0 Å². The monoisotopic (exact) mass is 236 g/mol. The van der Waals surface area contributed by atoms with Crippen molar-refractivity contribution in [2.45, 2.75) is 13.5 Å². The lowest BCUT2D eigenvalue weighted by Gasteiger charge is -2.06. The second kappa shape index (κ2) is 3.69. The Balaban J connectivity index is 2.94. The van der Waals surface area contributed by atoms with Gasteiger partial charge < -0.3 is 4.57 Å². The van der Waals surface area contributed by atoms with Gasteiger partial charge >= 0.3 is 5.69 Å². The van der Waals surface area contributed by atoms with Crippen molar-refractivity contribution in [3.8, 4) is 0 Å². The first-order valence-corrected chi connectivity index (χ1v) is 5.03. The molecule has 2 heterocycles. The van der Waals surface area contributed by atoms with Gasteiger partial charge in [0, 0.05) is 14.1 Å². The third-order valence-electron chi connectivity index (χ3n) is 2.58. The largest absolute Gasteiger partial charge is 0.332 e. The lowest BCUT2D eigenvalue weighted by Crippen LogP contribution is -2.40. The van der Waals surface area contributed by atoms with E-state index in [0.717, 1.165) is 4.57 Å². The summed E-state index contributed by atoms with van der Waals surface area (Å²) in [6, 6.07) is 0. The molecule has 0 saturated heterocycles. The Hall–Kier alpha value is -2.18. The van der Waals surface area contributed by atoms with Crippen LogP contribution in [0, 0.1) is 0 Å². The highest BCUT2D eigenvalue weighted by Gasteiger charge is 2.15. The van der Waals surface area contributed by atoms with Gasteiger partial charge in [0.25, 0.3) is 5.56 Å². The number of Topliss-reactive ketones (excluding diaryl/α,β-unsaturated/α-hetero) is 1. The molecule has 0 aliphatic carbocycles. The predicted octanol–water partition coefficient (Wildman–Crippen LogP) is -0.977. The van der Waals surface area contributed by atoms with Crippen molar-refractivity contribution in [2.24, 2.45) is 14.1 Å². The molecular weight excluding hydrogens is 224 g/mol. The van der Waals surface area contributed by atoms with Crippen LogP contribution >= 0.6 is 0 Å². The third kappa shape index (κ3) is 1.59. The molecule has 7 heteroatoms. The molecule has 0 unspecified atom stereocenters. The number of nitrogens with zero attached hydrogens (tertiary/aromatic N) is 4. The summed E-state index contributed by atoms with van der Waals surface area (Å²) in [6.07, 6.45) is 1.46. The van der Waals surface area contributed by atoms with E-state index in [1.165, 1.54) is 29.4 Å². The van der Waals surface area contributed by atoms with Gasteiger partial charge in [-0.2, -0.15) is 0 Å². The van der Waals surface area contributed by atoms with Gasteiger partial charge in [-0.15, -0.1) is 0 Å². The number of hydrogen-bond donors (Lipinski definition) is 0. The third-order valence-corrected chi connectivity index (χ3v) is 2.58. The van der Waals surface area contributed by atoms with Gasteiger partial charge in [-0.3, -0.25) is 18.7 Å². The van der Waals surface area contributed by atoms with Crippen molar-refractivity contribution in [2.75, 3.05) is 0 Å². The van der Waals surface area contributed by atoms with E-state index >= 15 is 0 Å². The fourth-order valence-electron chi connectivity index (χ4n) is 1.76. The van der Waals surface area contributed by atoms with Crippen molar-refractivity contribution in [1.29, 1.82) is 0 Å². The Labute approximate surface area is 95.9 Å². The average Bonchev–Trinajstić information content (AvgIpc) is 2.63. The Kier molecular flexibility index (Phi) is 2.45. The zero-order chi connectivity index (χ0) is 12.7. The van der Waals surface area contributed by atoms with Crippen LogP contribution in [0.3, 0.4) is 0 Å². The number of aromatic nitrogens is 4.